The second-order valence-corrected chi connectivity index (χ2v) is 7.91. The molecular formula is C16H14Br3NO. The van der Waals surface area contributed by atoms with Gasteiger partial charge in [0.2, 0.25) is 0 Å². The van der Waals surface area contributed by atoms with E-state index in [2.05, 4.69) is 72.1 Å². The lowest BCUT2D eigenvalue weighted by Crippen LogP contribution is -2.14. The third-order valence-electron chi connectivity index (χ3n) is 3.58. The van der Waals surface area contributed by atoms with E-state index in [0.717, 1.165) is 44.2 Å². The molecule has 5 heteroatoms. The predicted octanol–water partition coefficient (Wildman–Crippen LogP) is 5.15. The molecule has 1 aliphatic heterocycles. The molecule has 2 nitrogen and oxygen atoms in total. The lowest BCUT2D eigenvalue weighted by Gasteiger charge is -2.16. The van der Waals surface area contributed by atoms with Crippen LogP contribution in [0.2, 0.25) is 0 Å². The SMILES string of the molecule is NC(Cc1cc(Br)cc2c1OCC2)c1cc(Br)cc(Br)c1. The van der Waals surface area contributed by atoms with Gasteiger partial charge in [-0.25, -0.2) is 0 Å². The Kier molecular flexibility index (Phi) is 4.74. The first kappa shape index (κ1) is 15.5. The minimum atomic E-state index is -0.0681. The van der Waals surface area contributed by atoms with Gasteiger partial charge in [0.15, 0.2) is 0 Å². The monoisotopic (exact) mass is 473 g/mol. The molecule has 0 spiro atoms. The fourth-order valence-electron chi connectivity index (χ4n) is 2.64. The van der Waals surface area contributed by atoms with Crippen LogP contribution in [0.25, 0.3) is 0 Å². The van der Waals surface area contributed by atoms with E-state index in [4.69, 9.17) is 10.5 Å². The minimum Gasteiger partial charge on any atom is -0.493 e. The summed E-state index contributed by atoms with van der Waals surface area (Å²) in [6.07, 6.45) is 1.73. The van der Waals surface area contributed by atoms with Gasteiger partial charge in [-0.3, -0.25) is 0 Å². The van der Waals surface area contributed by atoms with Gasteiger partial charge >= 0.3 is 0 Å². The van der Waals surface area contributed by atoms with Gasteiger partial charge in [0.1, 0.15) is 5.75 Å². The Hall–Kier alpha value is -0.360. The Balaban J connectivity index is 1.90. The molecule has 0 fully saturated rings. The van der Waals surface area contributed by atoms with Gasteiger partial charge in [-0.05, 0) is 53.4 Å². The number of rotatable bonds is 3. The molecule has 1 atom stereocenters. The van der Waals surface area contributed by atoms with Crippen LogP contribution in [0.4, 0.5) is 0 Å². The fraction of sp³-hybridized carbons (Fsp3) is 0.250. The van der Waals surface area contributed by atoms with Crippen LogP contribution in [0.15, 0.2) is 43.7 Å². The third-order valence-corrected chi connectivity index (χ3v) is 4.95. The van der Waals surface area contributed by atoms with Gasteiger partial charge < -0.3 is 10.5 Å². The van der Waals surface area contributed by atoms with Gasteiger partial charge in [0.05, 0.1) is 6.61 Å². The smallest absolute Gasteiger partial charge is 0.125 e. The summed E-state index contributed by atoms with van der Waals surface area (Å²) >= 11 is 10.6. The summed E-state index contributed by atoms with van der Waals surface area (Å²) in [6.45, 7) is 0.760. The summed E-state index contributed by atoms with van der Waals surface area (Å²) in [5.41, 5.74) is 9.93. The molecule has 0 radical (unpaired) electrons. The zero-order valence-corrected chi connectivity index (χ0v) is 16.0. The van der Waals surface area contributed by atoms with Crippen molar-refractivity contribution in [2.24, 2.45) is 5.73 Å². The Morgan fingerprint density at radius 2 is 1.67 bits per heavy atom. The highest BCUT2D eigenvalue weighted by Gasteiger charge is 2.19. The molecule has 0 amide bonds. The average Bonchev–Trinajstić information content (AvgIpc) is 2.85. The summed E-state index contributed by atoms with van der Waals surface area (Å²) in [5, 5.41) is 0. The molecule has 2 N–H and O–H groups in total. The Bertz CT molecular complexity index is 667. The molecule has 1 heterocycles. The first-order valence-corrected chi connectivity index (χ1v) is 9.06. The minimum absolute atomic E-state index is 0.0681. The number of ether oxygens (including phenoxy) is 1. The summed E-state index contributed by atoms with van der Waals surface area (Å²) in [4.78, 5) is 0. The maximum atomic E-state index is 6.40. The van der Waals surface area contributed by atoms with Crippen molar-refractivity contribution >= 4 is 47.8 Å². The maximum Gasteiger partial charge on any atom is 0.125 e. The lowest BCUT2D eigenvalue weighted by atomic mass is 9.97. The lowest BCUT2D eigenvalue weighted by molar-refractivity contribution is 0.352. The highest BCUT2D eigenvalue weighted by atomic mass is 79.9. The predicted molar refractivity (Wildman–Crippen MR) is 95.8 cm³/mol. The third kappa shape index (κ3) is 3.52. The van der Waals surface area contributed by atoms with Gasteiger partial charge in [0.25, 0.3) is 0 Å². The van der Waals surface area contributed by atoms with Gasteiger partial charge in [-0.15, -0.1) is 0 Å². The van der Waals surface area contributed by atoms with Crippen LogP contribution >= 0.6 is 47.8 Å². The number of hydrogen-bond acceptors (Lipinski definition) is 2. The molecule has 1 aliphatic rings. The standard InChI is InChI=1S/C16H14Br3NO/c17-12-3-9-1-2-21-16(9)11(6-12)7-15(20)10-4-13(18)8-14(19)5-10/h3-6,8,15H,1-2,7,20H2. The second kappa shape index (κ2) is 6.41. The molecular weight excluding hydrogens is 462 g/mol. The van der Waals surface area contributed by atoms with Crippen molar-refractivity contribution in [2.75, 3.05) is 6.61 Å². The molecule has 110 valence electrons. The van der Waals surface area contributed by atoms with Crippen LogP contribution in [0, 0.1) is 0 Å². The van der Waals surface area contributed by atoms with E-state index in [1.807, 2.05) is 6.07 Å². The number of halogens is 3. The van der Waals surface area contributed by atoms with Crippen molar-refractivity contribution in [3.8, 4) is 5.75 Å². The van der Waals surface area contributed by atoms with Gasteiger partial charge in [-0.2, -0.15) is 0 Å². The molecule has 0 saturated carbocycles. The number of hydrogen-bond donors (Lipinski definition) is 1. The largest absolute Gasteiger partial charge is 0.493 e. The summed E-state index contributed by atoms with van der Waals surface area (Å²) in [7, 11) is 0. The van der Waals surface area contributed by atoms with Crippen molar-refractivity contribution in [2.45, 2.75) is 18.9 Å². The maximum absolute atomic E-state index is 6.40. The van der Waals surface area contributed by atoms with Gasteiger partial charge in [-0.1, -0.05) is 47.8 Å². The molecule has 2 aromatic rings. The number of benzene rings is 2. The number of nitrogens with two attached hydrogens (primary N) is 1. The van der Waals surface area contributed by atoms with Crippen LogP contribution in [0.1, 0.15) is 22.7 Å². The van der Waals surface area contributed by atoms with Gasteiger partial charge in [0, 0.05) is 25.9 Å². The first-order chi connectivity index (χ1) is 10.0. The molecule has 0 aromatic heterocycles. The van der Waals surface area contributed by atoms with E-state index in [9.17, 15) is 0 Å². The Morgan fingerprint density at radius 1 is 1.00 bits per heavy atom. The molecule has 0 bridgehead atoms. The summed E-state index contributed by atoms with van der Waals surface area (Å²) < 4.78 is 8.91. The summed E-state index contributed by atoms with van der Waals surface area (Å²) in [6, 6.07) is 10.3. The molecule has 2 aromatic carbocycles. The quantitative estimate of drug-likeness (QED) is 0.666. The van der Waals surface area contributed by atoms with Crippen molar-refractivity contribution in [3.63, 3.8) is 0 Å². The second-order valence-electron chi connectivity index (χ2n) is 5.17. The van der Waals surface area contributed by atoms with Crippen LogP contribution < -0.4 is 10.5 Å². The van der Waals surface area contributed by atoms with E-state index in [1.165, 1.54) is 11.1 Å². The molecule has 3 rings (SSSR count). The van der Waals surface area contributed by atoms with Crippen molar-refractivity contribution < 1.29 is 4.74 Å². The molecule has 1 unspecified atom stereocenters. The van der Waals surface area contributed by atoms with E-state index in [1.54, 1.807) is 0 Å². The van der Waals surface area contributed by atoms with Crippen molar-refractivity contribution in [1.82, 2.24) is 0 Å². The highest BCUT2D eigenvalue weighted by molar-refractivity contribution is 9.11. The zero-order valence-electron chi connectivity index (χ0n) is 11.2. The highest BCUT2D eigenvalue weighted by Crippen LogP contribution is 2.35. The van der Waals surface area contributed by atoms with Crippen LogP contribution in [-0.2, 0) is 12.8 Å². The topological polar surface area (TPSA) is 35.2 Å². The molecule has 21 heavy (non-hydrogen) atoms. The summed E-state index contributed by atoms with van der Waals surface area (Å²) in [5.74, 6) is 1.02. The Labute approximate surface area is 149 Å². The average molecular weight is 476 g/mol. The van der Waals surface area contributed by atoms with E-state index >= 15 is 0 Å². The van der Waals surface area contributed by atoms with Crippen LogP contribution in [0.3, 0.4) is 0 Å². The van der Waals surface area contributed by atoms with Crippen molar-refractivity contribution in [1.29, 1.82) is 0 Å². The number of fused-ring (bicyclic) bond motifs is 1. The molecule has 0 saturated heterocycles. The van der Waals surface area contributed by atoms with E-state index < -0.39 is 0 Å². The first-order valence-electron chi connectivity index (χ1n) is 6.68. The normalized spacial score (nSPS) is 14.7. The van der Waals surface area contributed by atoms with E-state index in [-0.39, 0.29) is 6.04 Å². The molecule has 0 aliphatic carbocycles. The van der Waals surface area contributed by atoms with Crippen LogP contribution in [0.5, 0.6) is 5.75 Å². The van der Waals surface area contributed by atoms with Crippen LogP contribution in [-0.4, -0.2) is 6.61 Å². The Morgan fingerprint density at radius 3 is 2.38 bits per heavy atom. The van der Waals surface area contributed by atoms with Crippen molar-refractivity contribution in [3.05, 3.63) is 60.4 Å². The van der Waals surface area contributed by atoms with E-state index in [0.29, 0.717) is 0 Å². The zero-order chi connectivity index (χ0) is 15.0. The fourth-order valence-corrected chi connectivity index (χ4v) is 4.52.